The molecule has 1 heterocycles. The van der Waals surface area contributed by atoms with Crippen LogP contribution >= 0.6 is 0 Å². The average molecular weight is 324 g/mol. The minimum Gasteiger partial charge on any atom is -0.497 e. The van der Waals surface area contributed by atoms with Gasteiger partial charge in [0.15, 0.2) is 0 Å². The third kappa shape index (κ3) is 3.23. The predicted molar refractivity (Wildman–Crippen MR) is 96.8 cm³/mol. The molecule has 2 aromatic rings. The molecule has 0 radical (unpaired) electrons. The Morgan fingerprint density at radius 3 is 2.33 bits per heavy atom. The van der Waals surface area contributed by atoms with Crippen LogP contribution in [0.3, 0.4) is 0 Å². The molecule has 0 aromatic heterocycles. The first-order valence-electron chi connectivity index (χ1n) is 8.32. The zero-order chi connectivity index (χ0) is 17.1. The van der Waals surface area contributed by atoms with Crippen molar-refractivity contribution >= 4 is 11.6 Å². The van der Waals surface area contributed by atoms with Crippen molar-refractivity contribution in [2.24, 2.45) is 0 Å². The number of benzene rings is 2. The molecule has 0 N–H and O–H groups in total. The highest BCUT2D eigenvalue weighted by molar-refractivity contribution is 5.95. The molecule has 1 saturated heterocycles. The lowest BCUT2D eigenvalue weighted by Gasteiger charge is -2.25. The number of carbonyl (C=O) groups is 1. The molecule has 1 atom stereocenters. The van der Waals surface area contributed by atoms with E-state index in [0.29, 0.717) is 0 Å². The minimum atomic E-state index is 0.110. The van der Waals surface area contributed by atoms with E-state index in [1.807, 2.05) is 60.3 Å². The monoisotopic (exact) mass is 324 g/mol. The highest BCUT2D eigenvalue weighted by Crippen LogP contribution is 2.34. The summed E-state index contributed by atoms with van der Waals surface area (Å²) in [5.41, 5.74) is 3.02. The summed E-state index contributed by atoms with van der Waals surface area (Å²) in [5, 5.41) is 0. The fourth-order valence-electron chi connectivity index (χ4n) is 3.25. The molecule has 0 saturated carbocycles. The van der Waals surface area contributed by atoms with Crippen molar-refractivity contribution in [3.05, 3.63) is 59.7 Å². The topological polar surface area (TPSA) is 32.8 Å². The van der Waals surface area contributed by atoms with E-state index in [0.717, 1.165) is 36.4 Å². The van der Waals surface area contributed by atoms with E-state index in [-0.39, 0.29) is 11.9 Å². The van der Waals surface area contributed by atoms with Gasteiger partial charge in [-0.3, -0.25) is 4.79 Å². The van der Waals surface area contributed by atoms with Crippen LogP contribution in [-0.4, -0.2) is 38.6 Å². The third-order valence-electron chi connectivity index (χ3n) is 4.64. The average Bonchev–Trinajstić information content (AvgIpc) is 3.11. The number of hydrogen-bond donors (Lipinski definition) is 0. The van der Waals surface area contributed by atoms with Gasteiger partial charge in [-0.15, -0.1) is 0 Å². The van der Waals surface area contributed by atoms with Crippen molar-refractivity contribution in [3.63, 3.8) is 0 Å². The second-order valence-electron chi connectivity index (χ2n) is 6.37. The molecule has 1 unspecified atom stereocenters. The van der Waals surface area contributed by atoms with Crippen molar-refractivity contribution in [2.75, 3.05) is 32.6 Å². The van der Waals surface area contributed by atoms with E-state index in [1.165, 1.54) is 5.56 Å². The Morgan fingerprint density at radius 1 is 1.08 bits per heavy atom. The molecule has 1 fully saturated rings. The van der Waals surface area contributed by atoms with Crippen LogP contribution in [0.5, 0.6) is 5.75 Å². The van der Waals surface area contributed by atoms with Gasteiger partial charge in [0.1, 0.15) is 5.75 Å². The highest BCUT2D eigenvalue weighted by Gasteiger charge is 2.30. The Balaban J connectivity index is 1.80. The first-order valence-corrected chi connectivity index (χ1v) is 8.32. The maximum absolute atomic E-state index is 12.9. The number of likely N-dealkylation sites (tertiary alicyclic amines) is 1. The number of hydrogen-bond acceptors (Lipinski definition) is 3. The fourth-order valence-corrected chi connectivity index (χ4v) is 3.25. The van der Waals surface area contributed by atoms with Gasteiger partial charge in [-0.25, -0.2) is 0 Å². The number of rotatable bonds is 4. The van der Waals surface area contributed by atoms with Gasteiger partial charge in [0, 0.05) is 31.9 Å². The molecule has 0 bridgehead atoms. The van der Waals surface area contributed by atoms with Crippen molar-refractivity contribution in [1.82, 2.24) is 4.90 Å². The van der Waals surface area contributed by atoms with E-state index in [9.17, 15) is 4.79 Å². The van der Waals surface area contributed by atoms with Gasteiger partial charge in [0.05, 0.1) is 13.2 Å². The molecule has 1 aliphatic heterocycles. The normalized spacial score (nSPS) is 17.0. The van der Waals surface area contributed by atoms with E-state index in [1.54, 1.807) is 7.11 Å². The van der Waals surface area contributed by atoms with Gasteiger partial charge >= 0.3 is 0 Å². The molecule has 4 heteroatoms. The molecule has 2 aromatic carbocycles. The Morgan fingerprint density at radius 2 is 1.75 bits per heavy atom. The fraction of sp³-hybridized carbons (Fsp3) is 0.350. The molecule has 1 aliphatic rings. The summed E-state index contributed by atoms with van der Waals surface area (Å²) in [6, 6.07) is 16.0. The van der Waals surface area contributed by atoms with Gasteiger partial charge in [-0.2, -0.15) is 0 Å². The van der Waals surface area contributed by atoms with Gasteiger partial charge in [0.25, 0.3) is 5.91 Å². The van der Waals surface area contributed by atoms with Crippen molar-refractivity contribution in [2.45, 2.75) is 18.9 Å². The van der Waals surface area contributed by atoms with Crippen LogP contribution in [0.15, 0.2) is 48.5 Å². The standard InChI is InChI=1S/C20H24N2O2/c1-21(2)17-10-6-16(7-11-17)20(23)22-14-4-5-19(22)15-8-12-18(24-3)13-9-15/h6-13,19H,4-5,14H2,1-3H3. The lowest BCUT2D eigenvalue weighted by molar-refractivity contribution is 0.0735. The Kier molecular flexibility index (Phi) is 4.74. The largest absolute Gasteiger partial charge is 0.497 e. The van der Waals surface area contributed by atoms with E-state index >= 15 is 0 Å². The Hall–Kier alpha value is -2.49. The van der Waals surface area contributed by atoms with E-state index in [4.69, 9.17) is 4.74 Å². The third-order valence-corrected chi connectivity index (χ3v) is 4.64. The first kappa shape index (κ1) is 16.4. The number of ether oxygens (including phenoxy) is 1. The van der Waals surface area contributed by atoms with Crippen molar-refractivity contribution in [1.29, 1.82) is 0 Å². The van der Waals surface area contributed by atoms with E-state index < -0.39 is 0 Å². The Bertz CT molecular complexity index is 693. The zero-order valence-corrected chi connectivity index (χ0v) is 14.5. The summed E-state index contributed by atoms with van der Waals surface area (Å²) in [6.07, 6.45) is 2.05. The summed E-state index contributed by atoms with van der Waals surface area (Å²) in [6.45, 7) is 0.810. The van der Waals surface area contributed by atoms with E-state index in [2.05, 4.69) is 12.1 Å². The van der Waals surface area contributed by atoms with Crippen molar-refractivity contribution < 1.29 is 9.53 Å². The second kappa shape index (κ2) is 6.95. The van der Waals surface area contributed by atoms with Crippen LogP contribution in [0.25, 0.3) is 0 Å². The van der Waals surface area contributed by atoms with Crippen LogP contribution in [0.4, 0.5) is 5.69 Å². The molecule has 126 valence electrons. The molecule has 1 amide bonds. The SMILES string of the molecule is COc1ccc(C2CCCN2C(=O)c2ccc(N(C)C)cc2)cc1. The van der Waals surface area contributed by atoms with Gasteiger partial charge in [0.2, 0.25) is 0 Å². The zero-order valence-electron chi connectivity index (χ0n) is 14.5. The van der Waals surface area contributed by atoms with Gasteiger partial charge < -0.3 is 14.5 Å². The van der Waals surface area contributed by atoms with Gasteiger partial charge in [-0.1, -0.05) is 12.1 Å². The van der Waals surface area contributed by atoms with Crippen LogP contribution in [0, 0.1) is 0 Å². The second-order valence-corrected chi connectivity index (χ2v) is 6.37. The van der Waals surface area contributed by atoms with Crippen LogP contribution in [0.2, 0.25) is 0 Å². The van der Waals surface area contributed by atoms with Gasteiger partial charge in [-0.05, 0) is 54.8 Å². The summed E-state index contributed by atoms with van der Waals surface area (Å²) < 4.78 is 5.22. The smallest absolute Gasteiger partial charge is 0.254 e. The summed E-state index contributed by atoms with van der Waals surface area (Å²) in [7, 11) is 5.66. The molecular weight excluding hydrogens is 300 g/mol. The number of nitrogens with zero attached hydrogens (tertiary/aromatic N) is 2. The highest BCUT2D eigenvalue weighted by atomic mass is 16.5. The number of methoxy groups -OCH3 is 1. The molecular formula is C20H24N2O2. The molecule has 0 spiro atoms. The number of carbonyl (C=O) groups excluding carboxylic acids is 1. The Labute approximate surface area is 143 Å². The summed E-state index contributed by atoms with van der Waals surface area (Å²) >= 11 is 0. The lowest BCUT2D eigenvalue weighted by Crippen LogP contribution is -2.30. The first-order chi connectivity index (χ1) is 11.6. The number of amides is 1. The number of anilines is 1. The van der Waals surface area contributed by atoms with Crippen LogP contribution in [0.1, 0.15) is 34.8 Å². The maximum atomic E-state index is 12.9. The minimum absolute atomic E-state index is 0.110. The van der Waals surface area contributed by atoms with Crippen molar-refractivity contribution in [3.8, 4) is 5.75 Å². The summed E-state index contributed by atoms with van der Waals surface area (Å²) in [5.74, 6) is 0.951. The molecule has 0 aliphatic carbocycles. The lowest BCUT2D eigenvalue weighted by atomic mass is 10.0. The van der Waals surface area contributed by atoms with Crippen LogP contribution in [-0.2, 0) is 0 Å². The predicted octanol–water partition coefficient (Wildman–Crippen LogP) is 3.74. The molecule has 3 rings (SSSR count). The summed E-state index contributed by atoms with van der Waals surface area (Å²) in [4.78, 5) is 16.9. The maximum Gasteiger partial charge on any atom is 0.254 e. The van der Waals surface area contributed by atoms with Crippen LogP contribution < -0.4 is 9.64 Å². The molecule has 24 heavy (non-hydrogen) atoms. The molecule has 4 nitrogen and oxygen atoms in total. The quantitative estimate of drug-likeness (QED) is 0.859.